The van der Waals surface area contributed by atoms with Crippen molar-refractivity contribution in [3.63, 3.8) is 0 Å². The Balaban J connectivity index is 1.76. The summed E-state index contributed by atoms with van der Waals surface area (Å²) in [6.45, 7) is 5.12. The van der Waals surface area contributed by atoms with E-state index in [9.17, 15) is 17.6 Å². The van der Waals surface area contributed by atoms with E-state index in [0.717, 1.165) is 6.42 Å². The lowest BCUT2D eigenvalue weighted by Gasteiger charge is -2.34. The molecule has 2 aromatic rings. The van der Waals surface area contributed by atoms with Gasteiger partial charge in [-0.2, -0.15) is 4.31 Å². The molecular formula is C20H22BrFN2O3S. The lowest BCUT2D eigenvalue weighted by molar-refractivity contribution is 0.102. The van der Waals surface area contributed by atoms with Gasteiger partial charge in [-0.25, -0.2) is 12.8 Å². The van der Waals surface area contributed by atoms with Crippen molar-refractivity contribution in [1.82, 2.24) is 4.31 Å². The predicted octanol–water partition coefficient (Wildman–Crippen LogP) is 4.51. The van der Waals surface area contributed by atoms with Gasteiger partial charge in [-0.1, -0.05) is 13.8 Å². The van der Waals surface area contributed by atoms with Crippen LogP contribution in [-0.4, -0.2) is 31.7 Å². The van der Waals surface area contributed by atoms with Gasteiger partial charge in [0.2, 0.25) is 10.0 Å². The Kier molecular flexibility index (Phi) is 6.21. The summed E-state index contributed by atoms with van der Waals surface area (Å²) in [5.41, 5.74) is 0.745. The summed E-state index contributed by atoms with van der Waals surface area (Å²) in [5.74, 6) is -0.187. The molecule has 150 valence electrons. The molecule has 5 nitrogen and oxygen atoms in total. The van der Waals surface area contributed by atoms with Crippen LogP contribution < -0.4 is 5.32 Å². The lowest BCUT2D eigenvalue weighted by atomic mass is 9.94. The van der Waals surface area contributed by atoms with E-state index >= 15 is 0 Å². The van der Waals surface area contributed by atoms with Gasteiger partial charge >= 0.3 is 0 Å². The highest BCUT2D eigenvalue weighted by Crippen LogP contribution is 2.27. The Morgan fingerprint density at radius 3 is 2.29 bits per heavy atom. The highest BCUT2D eigenvalue weighted by molar-refractivity contribution is 9.10. The number of hydrogen-bond acceptors (Lipinski definition) is 3. The Labute approximate surface area is 173 Å². The van der Waals surface area contributed by atoms with Crippen LogP contribution in [0.5, 0.6) is 0 Å². The van der Waals surface area contributed by atoms with Crippen LogP contribution in [0.15, 0.2) is 51.8 Å². The van der Waals surface area contributed by atoms with Gasteiger partial charge in [0, 0.05) is 23.1 Å². The summed E-state index contributed by atoms with van der Waals surface area (Å²) in [6, 6.07) is 9.83. The van der Waals surface area contributed by atoms with Gasteiger partial charge in [0.1, 0.15) is 5.82 Å². The van der Waals surface area contributed by atoms with Crippen LogP contribution in [0, 0.1) is 17.7 Å². The molecule has 1 heterocycles. The SMILES string of the molecule is CC1CC(C)CN(S(=O)(=O)c2ccc(C(=O)Nc3ccc(F)cc3Br)cc2)C1. The van der Waals surface area contributed by atoms with Crippen molar-refractivity contribution in [2.75, 3.05) is 18.4 Å². The number of amides is 1. The summed E-state index contributed by atoms with van der Waals surface area (Å²) >= 11 is 3.20. The number of benzene rings is 2. The maximum Gasteiger partial charge on any atom is 0.255 e. The summed E-state index contributed by atoms with van der Waals surface area (Å²) in [7, 11) is -3.59. The molecule has 3 rings (SSSR count). The van der Waals surface area contributed by atoms with Crippen molar-refractivity contribution in [2.24, 2.45) is 11.8 Å². The molecule has 1 amide bonds. The van der Waals surface area contributed by atoms with Crippen molar-refractivity contribution in [1.29, 1.82) is 0 Å². The van der Waals surface area contributed by atoms with E-state index in [0.29, 0.717) is 40.6 Å². The maximum absolute atomic E-state index is 13.2. The minimum atomic E-state index is -3.59. The molecule has 28 heavy (non-hydrogen) atoms. The van der Waals surface area contributed by atoms with Gasteiger partial charge in [0.05, 0.1) is 10.6 Å². The molecule has 0 saturated carbocycles. The van der Waals surface area contributed by atoms with Crippen molar-refractivity contribution in [3.8, 4) is 0 Å². The zero-order valence-electron chi connectivity index (χ0n) is 15.7. The van der Waals surface area contributed by atoms with E-state index in [1.54, 1.807) is 0 Å². The number of rotatable bonds is 4. The number of nitrogens with zero attached hydrogens (tertiary/aromatic N) is 1. The number of carbonyl (C=O) groups is 1. The zero-order valence-corrected chi connectivity index (χ0v) is 18.1. The smallest absolute Gasteiger partial charge is 0.255 e. The Bertz CT molecular complexity index is 969. The highest BCUT2D eigenvalue weighted by Gasteiger charge is 2.31. The van der Waals surface area contributed by atoms with Gasteiger partial charge in [0.25, 0.3) is 5.91 Å². The molecule has 0 aromatic heterocycles. The number of carbonyl (C=O) groups excluding carboxylic acids is 1. The Hall–Kier alpha value is -1.77. The van der Waals surface area contributed by atoms with E-state index < -0.39 is 21.7 Å². The number of halogens is 2. The van der Waals surface area contributed by atoms with Crippen LogP contribution in [0.2, 0.25) is 0 Å². The van der Waals surface area contributed by atoms with Gasteiger partial charge in [0.15, 0.2) is 0 Å². The Morgan fingerprint density at radius 1 is 1.11 bits per heavy atom. The molecule has 0 radical (unpaired) electrons. The third kappa shape index (κ3) is 4.61. The molecule has 2 aromatic carbocycles. The second-order valence-corrected chi connectivity index (χ2v) is 10.2. The standard InChI is InChI=1S/C20H22BrFN2O3S/c1-13-9-14(2)12-24(11-13)28(26,27)17-6-3-15(4-7-17)20(25)23-19-8-5-16(22)10-18(19)21/h3-8,10,13-14H,9,11-12H2,1-2H3,(H,23,25). The molecule has 1 fully saturated rings. The number of piperidine rings is 1. The third-order valence-corrected chi connectivity index (χ3v) is 7.27. The molecule has 0 bridgehead atoms. The first kappa shape index (κ1) is 21.0. The molecule has 1 saturated heterocycles. The highest BCUT2D eigenvalue weighted by atomic mass is 79.9. The second-order valence-electron chi connectivity index (χ2n) is 7.37. The number of sulfonamides is 1. The van der Waals surface area contributed by atoms with Crippen LogP contribution in [0.1, 0.15) is 30.6 Å². The first-order valence-corrected chi connectivity index (χ1v) is 11.3. The van der Waals surface area contributed by atoms with E-state index in [1.165, 1.54) is 46.8 Å². The van der Waals surface area contributed by atoms with Gasteiger partial charge in [-0.05, 0) is 76.7 Å². The minimum absolute atomic E-state index is 0.174. The molecular weight excluding hydrogens is 447 g/mol. The van der Waals surface area contributed by atoms with Crippen molar-refractivity contribution in [3.05, 3.63) is 58.3 Å². The van der Waals surface area contributed by atoms with Crippen LogP contribution in [0.3, 0.4) is 0 Å². The Morgan fingerprint density at radius 2 is 1.71 bits per heavy atom. The minimum Gasteiger partial charge on any atom is -0.321 e. The number of nitrogens with one attached hydrogen (secondary N) is 1. The quantitative estimate of drug-likeness (QED) is 0.717. The molecule has 1 N–H and O–H groups in total. The van der Waals surface area contributed by atoms with E-state index in [2.05, 4.69) is 35.1 Å². The van der Waals surface area contributed by atoms with Crippen LogP contribution in [0.25, 0.3) is 0 Å². The first-order valence-electron chi connectivity index (χ1n) is 9.03. The predicted molar refractivity (Wildman–Crippen MR) is 110 cm³/mol. The normalized spacial score (nSPS) is 20.7. The average molecular weight is 469 g/mol. The zero-order chi connectivity index (χ0) is 20.5. The van der Waals surface area contributed by atoms with Gasteiger partial charge in [-0.3, -0.25) is 4.79 Å². The summed E-state index contributed by atoms with van der Waals surface area (Å²) in [5, 5.41) is 2.67. The molecule has 0 spiro atoms. The molecule has 2 atom stereocenters. The second kappa shape index (κ2) is 8.31. The monoisotopic (exact) mass is 468 g/mol. The average Bonchev–Trinajstić information content (AvgIpc) is 2.63. The van der Waals surface area contributed by atoms with E-state index in [-0.39, 0.29) is 4.90 Å². The molecule has 0 aliphatic carbocycles. The van der Waals surface area contributed by atoms with Crippen LogP contribution in [0.4, 0.5) is 10.1 Å². The largest absolute Gasteiger partial charge is 0.321 e. The summed E-state index contributed by atoms with van der Waals surface area (Å²) in [6.07, 6.45) is 1.02. The van der Waals surface area contributed by atoms with Crippen molar-refractivity contribution < 1.29 is 17.6 Å². The molecule has 1 aliphatic heterocycles. The lowest BCUT2D eigenvalue weighted by Crippen LogP contribution is -2.42. The fourth-order valence-electron chi connectivity index (χ4n) is 3.51. The fraction of sp³-hybridized carbons (Fsp3) is 0.350. The molecule has 8 heteroatoms. The van der Waals surface area contributed by atoms with Crippen LogP contribution in [-0.2, 0) is 10.0 Å². The van der Waals surface area contributed by atoms with Crippen molar-refractivity contribution >= 4 is 37.5 Å². The van der Waals surface area contributed by atoms with Crippen LogP contribution >= 0.6 is 15.9 Å². The summed E-state index contributed by atoms with van der Waals surface area (Å²) in [4.78, 5) is 12.6. The third-order valence-electron chi connectivity index (χ3n) is 4.77. The topological polar surface area (TPSA) is 66.5 Å². The van der Waals surface area contributed by atoms with E-state index in [1.807, 2.05) is 0 Å². The molecule has 1 aliphatic rings. The first-order chi connectivity index (χ1) is 13.2. The number of hydrogen-bond donors (Lipinski definition) is 1. The maximum atomic E-state index is 13.2. The summed E-state index contributed by atoms with van der Waals surface area (Å²) < 4.78 is 40.9. The molecule has 2 unspecified atom stereocenters. The van der Waals surface area contributed by atoms with Gasteiger partial charge < -0.3 is 5.32 Å². The van der Waals surface area contributed by atoms with E-state index in [4.69, 9.17) is 0 Å². The fourth-order valence-corrected chi connectivity index (χ4v) is 5.64. The van der Waals surface area contributed by atoms with Gasteiger partial charge in [-0.15, -0.1) is 0 Å². The van der Waals surface area contributed by atoms with Crippen molar-refractivity contribution in [2.45, 2.75) is 25.2 Å². The number of anilines is 1.